The predicted molar refractivity (Wildman–Crippen MR) is 56.9 cm³/mol. The first-order valence-electron chi connectivity index (χ1n) is 4.62. The smallest absolute Gasteiger partial charge is 0.181 e. The summed E-state index contributed by atoms with van der Waals surface area (Å²) in [5, 5.41) is 10.8. The Labute approximate surface area is 90.1 Å². The molecule has 15 heavy (non-hydrogen) atoms. The molecule has 0 saturated heterocycles. The maximum absolute atomic E-state index is 11.8. The average molecular weight is 229 g/mol. The van der Waals surface area contributed by atoms with E-state index in [0.717, 1.165) is 0 Å². The highest BCUT2D eigenvalue weighted by atomic mass is 32.2. The lowest BCUT2D eigenvalue weighted by molar-refractivity contribution is -0.605. The van der Waals surface area contributed by atoms with Crippen molar-refractivity contribution < 1.29 is 13.1 Å². The van der Waals surface area contributed by atoms with Crippen molar-refractivity contribution in [1.82, 2.24) is 0 Å². The van der Waals surface area contributed by atoms with Gasteiger partial charge >= 0.3 is 0 Å². The van der Waals surface area contributed by atoms with Crippen LogP contribution in [0, 0.1) is 10.6 Å². The Morgan fingerprint density at radius 3 is 2.13 bits per heavy atom. The molecule has 0 aliphatic carbocycles. The fourth-order valence-corrected chi connectivity index (χ4v) is 3.10. The molecule has 0 aromatic carbocycles. The molecule has 1 rings (SSSR count). The van der Waals surface area contributed by atoms with Gasteiger partial charge in [-0.25, -0.2) is 8.42 Å². The van der Waals surface area contributed by atoms with Gasteiger partial charge in [0.05, 0.1) is 10.6 Å². The highest BCUT2D eigenvalue weighted by Gasteiger charge is 2.23. The quantitative estimate of drug-likeness (QED) is 0.564. The summed E-state index contributed by atoms with van der Waals surface area (Å²) in [5.74, 6) is 0.0723. The minimum Gasteiger partial charge on any atom is -0.619 e. The molecular formula is C10H15NO3S. The predicted octanol–water partition coefficient (Wildman–Crippen LogP) is 1.14. The number of sulfone groups is 1. The molecule has 1 aromatic heterocycles. The van der Waals surface area contributed by atoms with Gasteiger partial charge in [0.2, 0.25) is 0 Å². The first kappa shape index (κ1) is 12.0. The average Bonchev–Trinajstić information content (AvgIpc) is 2.00. The highest BCUT2D eigenvalue weighted by Crippen LogP contribution is 2.20. The molecule has 1 aromatic rings. The molecule has 84 valence electrons. The summed E-state index contributed by atoms with van der Waals surface area (Å²) in [7, 11) is -3.29. The second-order valence-electron chi connectivity index (χ2n) is 4.71. The van der Waals surface area contributed by atoms with E-state index in [1.54, 1.807) is 0 Å². The van der Waals surface area contributed by atoms with Crippen molar-refractivity contribution in [1.29, 1.82) is 0 Å². The van der Waals surface area contributed by atoms with E-state index in [9.17, 15) is 13.6 Å². The molecule has 0 radical (unpaired) electrons. The van der Waals surface area contributed by atoms with E-state index in [1.165, 1.54) is 24.5 Å². The zero-order valence-electron chi connectivity index (χ0n) is 9.10. The molecule has 0 unspecified atom stereocenters. The summed E-state index contributed by atoms with van der Waals surface area (Å²) in [6.07, 6.45) is 2.38. The van der Waals surface area contributed by atoms with Crippen LogP contribution in [0.5, 0.6) is 0 Å². The molecule has 0 N–H and O–H groups in total. The Hall–Kier alpha value is -1.10. The number of rotatable bonds is 2. The van der Waals surface area contributed by atoms with E-state index in [1.807, 2.05) is 20.8 Å². The Bertz CT molecular complexity index is 429. The Morgan fingerprint density at radius 2 is 1.73 bits per heavy atom. The lowest BCUT2D eigenvalue weighted by Gasteiger charge is -2.17. The van der Waals surface area contributed by atoms with Gasteiger partial charge in [0.1, 0.15) is 0 Å². The van der Waals surface area contributed by atoms with Crippen LogP contribution in [0.15, 0.2) is 29.4 Å². The van der Waals surface area contributed by atoms with Crippen molar-refractivity contribution in [3.8, 4) is 0 Å². The normalized spacial score (nSPS) is 12.7. The van der Waals surface area contributed by atoms with Crippen molar-refractivity contribution in [3.05, 3.63) is 29.7 Å². The summed E-state index contributed by atoms with van der Waals surface area (Å²) < 4.78 is 24.3. The minimum atomic E-state index is -3.29. The summed E-state index contributed by atoms with van der Waals surface area (Å²) in [5.41, 5.74) is -0.290. The van der Waals surface area contributed by atoms with Crippen LogP contribution in [0.4, 0.5) is 0 Å². The first-order valence-corrected chi connectivity index (χ1v) is 6.27. The second kappa shape index (κ2) is 3.81. The van der Waals surface area contributed by atoms with Crippen molar-refractivity contribution in [3.63, 3.8) is 0 Å². The number of hydrogen-bond acceptors (Lipinski definition) is 3. The minimum absolute atomic E-state index is 0.0723. The molecule has 0 aliphatic heterocycles. The number of nitrogens with zero attached hydrogens (tertiary/aromatic N) is 1. The molecular weight excluding hydrogens is 214 g/mol. The van der Waals surface area contributed by atoms with E-state index < -0.39 is 9.84 Å². The van der Waals surface area contributed by atoms with Gasteiger partial charge in [-0.05, 0) is 5.41 Å². The van der Waals surface area contributed by atoms with Crippen LogP contribution in [0.25, 0.3) is 0 Å². The molecule has 1 heterocycles. The zero-order valence-corrected chi connectivity index (χ0v) is 9.91. The Morgan fingerprint density at radius 1 is 1.27 bits per heavy atom. The van der Waals surface area contributed by atoms with Gasteiger partial charge in [0, 0.05) is 12.1 Å². The third-order valence-electron chi connectivity index (χ3n) is 1.75. The molecule has 0 bridgehead atoms. The lowest BCUT2D eigenvalue weighted by atomic mass is 10.0. The SMILES string of the molecule is CC(C)(C)CS(=O)(=O)c1cc[n+]([O-])cc1. The van der Waals surface area contributed by atoms with E-state index in [2.05, 4.69) is 0 Å². The topological polar surface area (TPSA) is 61.1 Å². The third-order valence-corrected chi connectivity index (χ3v) is 3.99. The number of aromatic nitrogens is 1. The van der Waals surface area contributed by atoms with Crippen LogP contribution >= 0.6 is 0 Å². The third kappa shape index (κ3) is 3.51. The van der Waals surface area contributed by atoms with Crippen LogP contribution in [0.2, 0.25) is 0 Å². The molecule has 0 aliphatic rings. The number of hydrogen-bond donors (Lipinski definition) is 0. The summed E-state index contributed by atoms with van der Waals surface area (Å²) in [6, 6.07) is 2.65. The summed E-state index contributed by atoms with van der Waals surface area (Å²) in [6.45, 7) is 5.59. The largest absolute Gasteiger partial charge is 0.619 e. The Kier molecular flexibility index (Phi) is 3.04. The van der Waals surface area contributed by atoms with Gasteiger partial charge in [0.25, 0.3) is 0 Å². The standard InChI is InChI=1S/C10H15NO3S/c1-10(2,3)8-15(13,14)9-4-6-11(12)7-5-9/h4-7H,8H2,1-3H3. The first-order chi connectivity index (χ1) is 6.71. The van der Waals surface area contributed by atoms with Gasteiger partial charge in [-0.1, -0.05) is 20.8 Å². The monoisotopic (exact) mass is 229 g/mol. The lowest BCUT2D eigenvalue weighted by Crippen LogP contribution is -2.26. The highest BCUT2D eigenvalue weighted by molar-refractivity contribution is 7.91. The van der Waals surface area contributed by atoms with Gasteiger partial charge in [0.15, 0.2) is 22.2 Å². The summed E-state index contributed by atoms with van der Waals surface area (Å²) >= 11 is 0. The molecule has 0 amide bonds. The van der Waals surface area contributed by atoms with E-state index in [0.29, 0.717) is 4.73 Å². The van der Waals surface area contributed by atoms with Gasteiger partial charge in [-0.3, -0.25) is 0 Å². The Balaban J connectivity index is 3.02. The van der Waals surface area contributed by atoms with Crippen molar-refractivity contribution in [2.45, 2.75) is 25.7 Å². The second-order valence-corrected chi connectivity index (χ2v) is 6.70. The van der Waals surface area contributed by atoms with Crippen molar-refractivity contribution in [2.75, 3.05) is 5.75 Å². The molecule has 0 fully saturated rings. The van der Waals surface area contributed by atoms with Crippen LogP contribution in [-0.4, -0.2) is 14.2 Å². The summed E-state index contributed by atoms with van der Waals surface area (Å²) in [4.78, 5) is 0.199. The van der Waals surface area contributed by atoms with E-state index in [-0.39, 0.29) is 16.1 Å². The van der Waals surface area contributed by atoms with E-state index >= 15 is 0 Å². The zero-order chi connectivity index (χ0) is 11.7. The van der Waals surface area contributed by atoms with E-state index in [4.69, 9.17) is 0 Å². The maximum Gasteiger partial charge on any atom is 0.181 e. The molecule has 0 saturated carbocycles. The van der Waals surface area contributed by atoms with Gasteiger partial charge in [-0.2, -0.15) is 4.73 Å². The van der Waals surface area contributed by atoms with Gasteiger partial charge < -0.3 is 5.21 Å². The van der Waals surface area contributed by atoms with Gasteiger partial charge in [-0.15, -0.1) is 0 Å². The van der Waals surface area contributed by atoms with Crippen LogP contribution in [0.1, 0.15) is 20.8 Å². The van der Waals surface area contributed by atoms with Crippen LogP contribution < -0.4 is 4.73 Å². The molecule has 5 heteroatoms. The fourth-order valence-electron chi connectivity index (χ4n) is 1.26. The molecule has 0 atom stereocenters. The van der Waals surface area contributed by atoms with Crippen molar-refractivity contribution in [2.24, 2.45) is 5.41 Å². The number of pyridine rings is 1. The van der Waals surface area contributed by atoms with Crippen LogP contribution in [0.3, 0.4) is 0 Å². The molecule has 4 nitrogen and oxygen atoms in total. The van der Waals surface area contributed by atoms with Crippen LogP contribution in [-0.2, 0) is 9.84 Å². The maximum atomic E-state index is 11.8. The molecule has 0 spiro atoms. The van der Waals surface area contributed by atoms with Crippen molar-refractivity contribution >= 4 is 9.84 Å². The fraction of sp³-hybridized carbons (Fsp3) is 0.500.